The summed E-state index contributed by atoms with van der Waals surface area (Å²) in [6.07, 6.45) is 8.84. The third kappa shape index (κ3) is 4.84. The Labute approximate surface area is 232 Å². The Kier molecular flexibility index (Phi) is 6.07. The van der Waals surface area contributed by atoms with E-state index < -0.39 is 17.8 Å². The van der Waals surface area contributed by atoms with Crippen LogP contribution in [0.1, 0.15) is 48.7 Å². The average molecular weight is 556 g/mol. The first-order chi connectivity index (χ1) is 19.8. The summed E-state index contributed by atoms with van der Waals surface area (Å²) in [6, 6.07) is 8.13. The van der Waals surface area contributed by atoms with Crippen LogP contribution >= 0.6 is 11.6 Å². The fourth-order valence-corrected chi connectivity index (χ4v) is 4.43. The van der Waals surface area contributed by atoms with Gasteiger partial charge in [-0.2, -0.15) is 14.9 Å². The molecule has 0 bridgehead atoms. The average Bonchev–Trinajstić information content (AvgIpc) is 3.70. The molecule has 0 amide bonds. The van der Waals surface area contributed by atoms with Gasteiger partial charge in [0.15, 0.2) is 5.82 Å². The number of rotatable bonds is 7. The first kappa shape index (κ1) is 23.9. The van der Waals surface area contributed by atoms with Crippen molar-refractivity contribution in [2.45, 2.75) is 24.9 Å². The van der Waals surface area contributed by atoms with Gasteiger partial charge in [0.2, 0.25) is 5.95 Å². The number of anilines is 3. The molecule has 1 saturated carbocycles. The molecule has 40 heavy (non-hydrogen) atoms. The number of pyridine rings is 3. The predicted molar refractivity (Wildman–Crippen MR) is 142 cm³/mol. The minimum atomic E-state index is -1.76. The number of fused-ring (bicyclic) bond motifs is 1. The zero-order valence-corrected chi connectivity index (χ0v) is 21.2. The van der Waals surface area contributed by atoms with E-state index in [9.17, 15) is 20.7 Å². The molecule has 0 saturated heterocycles. The van der Waals surface area contributed by atoms with Crippen molar-refractivity contribution in [3.05, 3.63) is 94.4 Å². The van der Waals surface area contributed by atoms with Gasteiger partial charge in [0, 0.05) is 41.3 Å². The smallest absolute Gasteiger partial charge is 0.249 e. The lowest BCUT2D eigenvalue weighted by atomic mass is 10.0. The van der Waals surface area contributed by atoms with Gasteiger partial charge in [0.25, 0.3) is 0 Å². The standard InChI is InChI=1S/C27H17ClF2N10/c28-21-5-17(4-20-24(16(8-32)11-34-26(20)21)37-18-6-22(29)27(30)35-12-18)36-25(15-3-14(7-31)9-33-10-15)23-13-40(39-38-23)19-1-2-19/h3-6,9-13,19,25,36H,1-2H2,(H,34,37)/i25D. The maximum Gasteiger partial charge on any atom is 0.249 e. The largest absolute Gasteiger partial charge is 0.373 e. The molecule has 13 heteroatoms. The molecule has 0 aliphatic heterocycles. The second-order valence-electron chi connectivity index (χ2n) is 9.02. The molecule has 4 heterocycles. The molecule has 0 radical (unpaired) electrons. The summed E-state index contributed by atoms with van der Waals surface area (Å²) in [5.41, 5.74) is 1.90. The quantitative estimate of drug-likeness (QED) is 0.246. The molecule has 5 aromatic rings. The summed E-state index contributed by atoms with van der Waals surface area (Å²) < 4.78 is 38.5. The summed E-state index contributed by atoms with van der Waals surface area (Å²) in [7, 11) is 0. The van der Waals surface area contributed by atoms with Crippen molar-refractivity contribution in [3.63, 3.8) is 0 Å². The van der Waals surface area contributed by atoms with Crippen LogP contribution in [0.2, 0.25) is 5.02 Å². The molecule has 0 spiro atoms. The Hall–Kier alpha value is -5.20. The number of aromatic nitrogens is 6. The predicted octanol–water partition coefficient (Wildman–Crippen LogP) is 5.57. The second-order valence-corrected chi connectivity index (χ2v) is 9.43. The number of hydrogen-bond acceptors (Lipinski definition) is 9. The monoisotopic (exact) mass is 555 g/mol. The maximum atomic E-state index is 13.9. The van der Waals surface area contributed by atoms with E-state index >= 15 is 0 Å². The van der Waals surface area contributed by atoms with Crippen molar-refractivity contribution < 1.29 is 10.2 Å². The lowest BCUT2D eigenvalue weighted by Crippen LogP contribution is -2.14. The number of nitrogens with zero attached hydrogens (tertiary/aromatic N) is 8. The highest BCUT2D eigenvalue weighted by atomic mass is 35.5. The van der Waals surface area contributed by atoms with Gasteiger partial charge in [-0.1, -0.05) is 16.8 Å². The molecular formula is C27H17ClF2N10. The van der Waals surface area contributed by atoms with Crippen LogP contribution in [0, 0.1) is 34.4 Å². The number of nitrogens with one attached hydrogen (secondary N) is 2. The normalized spacial score (nSPS) is 14.6. The molecule has 6 rings (SSSR count). The van der Waals surface area contributed by atoms with Crippen molar-refractivity contribution in [1.29, 1.82) is 10.5 Å². The van der Waals surface area contributed by atoms with Gasteiger partial charge in [-0.3, -0.25) is 9.97 Å². The molecule has 1 aromatic carbocycles. The lowest BCUT2D eigenvalue weighted by molar-refractivity contribution is 0.480. The molecule has 1 aliphatic rings. The van der Waals surface area contributed by atoms with Crippen LogP contribution in [0.15, 0.2) is 55.2 Å². The molecule has 2 N–H and O–H groups in total. The Morgan fingerprint density at radius 2 is 1.90 bits per heavy atom. The van der Waals surface area contributed by atoms with E-state index in [0.717, 1.165) is 25.1 Å². The van der Waals surface area contributed by atoms with Gasteiger partial charge in [-0.15, -0.1) is 5.10 Å². The van der Waals surface area contributed by atoms with Crippen molar-refractivity contribution in [2.75, 3.05) is 10.6 Å². The highest BCUT2D eigenvalue weighted by Crippen LogP contribution is 2.38. The molecule has 196 valence electrons. The summed E-state index contributed by atoms with van der Waals surface area (Å²) >= 11 is 6.62. The van der Waals surface area contributed by atoms with Crippen molar-refractivity contribution >= 4 is 39.6 Å². The SMILES string of the molecule is [2H]C(Nc1cc(Cl)c2ncc(C#N)c(Nc3cnc(F)c(F)c3)c2c1)(c1cncc(C#N)c1)c1cn(C2CC2)nn1. The Morgan fingerprint density at radius 3 is 2.65 bits per heavy atom. The first-order valence-corrected chi connectivity index (χ1v) is 12.3. The molecule has 1 fully saturated rings. The van der Waals surface area contributed by atoms with Gasteiger partial charge < -0.3 is 10.6 Å². The van der Waals surface area contributed by atoms with Crippen LogP contribution in [0.25, 0.3) is 10.9 Å². The third-order valence-electron chi connectivity index (χ3n) is 6.22. The van der Waals surface area contributed by atoms with Crippen LogP contribution < -0.4 is 10.6 Å². The van der Waals surface area contributed by atoms with E-state index in [1.165, 1.54) is 24.7 Å². The van der Waals surface area contributed by atoms with Crippen molar-refractivity contribution in [2.24, 2.45) is 0 Å². The molecule has 10 nitrogen and oxygen atoms in total. The summed E-state index contributed by atoms with van der Waals surface area (Å²) in [5, 5.41) is 34.3. The van der Waals surface area contributed by atoms with Crippen LogP contribution in [-0.4, -0.2) is 29.9 Å². The second kappa shape index (κ2) is 10.2. The third-order valence-corrected chi connectivity index (χ3v) is 6.51. The Balaban J connectivity index is 1.49. The van der Waals surface area contributed by atoms with Crippen molar-refractivity contribution in [3.8, 4) is 12.1 Å². The van der Waals surface area contributed by atoms with Gasteiger partial charge in [0.1, 0.15) is 17.8 Å². The minimum Gasteiger partial charge on any atom is -0.373 e. The van der Waals surface area contributed by atoms with E-state index in [4.69, 9.17) is 11.6 Å². The topological polar surface area (TPSA) is 141 Å². The van der Waals surface area contributed by atoms with Crippen LogP contribution in [0.3, 0.4) is 0 Å². The molecule has 1 atom stereocenters. The molecule has 1 aliphatic carbocycles. The van der Waals surface area contributed by atoms with Gasteiger partial charge in [0.05, 0.1) is 58.9 Å². The number of nitriles is 2. The molecular weight excluding hydrogens is 538 g/mol. The van der Waals surface area contributed by atoms with Gasteiger partial charge >= 0.3 is 0 Å². The Bertz CT molecular complexity index is 1910. The fourth-order valence-electron chi connectivity index (χ4n) is 4.16. The van der Waals surface area contributed by atoms with Crippen LogP contribution in [0.4, 0.5) is 25.8 Å². The van der Waals surface area contributed by atoms with E-state index in [0.29, 0.717) is 22.2 Å². The summed E-state index contributed by atoms with van der Waals surface area (Å²) in [4.78, 5) is 11.8. The van der Waals surface area contributed by atoms with Crippen molar-refractivity contribution in [1.82, 2.24) is 29.9 Å². The number of hydrogen-bond donors (Lipinski definition) is 2. The van der Waals surface area contributed by atoms with Gasteiger partial charge in [-0.05, 0) is 31.0 Å². The molecule has 4 aromatic heterocycles. The first-order valence-electron chi connectivity index (χ1n) is 12.5. The number of benzene rings is 1. The maximum absolute atomic E-state index is 13.9. The highest BCUT2D eigenvalue weighted by molar-refractivity contribution is 6.36. The molecule has 1 unspecified atom stereocenters. The van der Waals surface area contributed by atoms with Crippen LogP contribution in [-0.2, 0) is 0 Å². The zero-order chi connectivity index (χ0) is 28.7. The van der Waals surface area contributed by atoms with Crippen LogP contribution in [0.5, 0.6) is 0 Å². The van der Waals surface area contributed by atoms with E-state index in [2.05, 4.69) is 35.9 Å². The van der Waals surface area contributed by atoms with Gasteiger partial charge in [-0.25, -0.2) is 14.1 Å². The summed E-state index contributed by atoms with van der Waals surface area (Å²) in [5.74, 6) is -2.43. The Morgan fingerprint density at radius 1 is 1.05 bits per heavy atom. The lowest BCUT2D eigenvalue weighted by Gasteiger charge is -2.20. The summed E-state index contributed by atoms with van der Waals surface area (Å²) in [6.45, 7) is 0. The zero-order valence-electron chi connectivity index (χ0n) is 21.4. The van der Waals surface area contributed by atoms with E-state index in [1.807, 2.05) is 12.1 Å². The fraction of sp³-hybridized carbons (Fsp3) is 0.148. The van der Waals surface area contributed by atoms with E-state index in [-0.39, 0.29) is 39.3 Å². The number of halogens is 3. The highest BCUT2D eigenvalue weighted by Gasteiger charge is 2.27. The van der Waals surface area contributed by atoms with E-state index in [1.54, 1.807) is 23.0 Å². The minimum absolute atomic E-state index is 0.0910.